The lowest BCUT2D eigenvalue weighted by atomic mass is 9.69. The van der Waals surface area contributed by atoms with E-state index in [0.717, 1.165) is 11.1 Å². The lowest BCUT2D eigenvalue weighted by Crippen LogP contribution is -2.60. The van der Waals surface area contributed by atoms with Crippen LogP contribution >= 0.6 is 0 Å². The molecule has 0 unspecified atom stereocenters. The van der Waals surface area contributed by atoms with E-state index in [9.17, 15) is 30.3 Å². The molecule has 156 valence electrons. The molecule has 0 amide bonds. The van der Waals surface area contributed by atoms with Gasteiger partial charge in [-0.1, -0.05) is 19.4 Å². The first-order valence-electron chi connectivity index (χ1n) is 9.33. The van der Waals surface area contributed by atoms with Crippen molar-refractivity contribution < 1.29 is 39.8 Å². The van der Waals surface area contributed by atoms with Crippen LogP contribution in [0.1, 0.15) is 47.0 Å². The molecule has 1 aliphatic carbocycles. The van der Waals surface area contributed by atoms with Gasteiger partial charge in [-0.3, -0.25) is 0 Å². The quantitative estimate of drug-likeness (QED) is 0.390. The molecule has 0 spiro atoms. The van der Waals surface area contributed by atoms with Gasteiger partial charge in [-0.25, -0.2) is 0 Å². The van der Waals surface area contributed by atoms with Gasteiger partial charge in [0.25, 0.3) is 0 Å². The van der Waals surface area contributed by atoms with Crippen LogP contribution in [0.2, 0.25) is 0 Å². The molecule has 1 aliphatic heterocycles. The van der Waals surface area contributed by atoms with Gasteiger partial charge in [0.1, 0.15) is 36.3 Å². The molecule has 2 aliphatic rings. The van der Waals surface area contributed by atoms with Crippen molar-refractivity contribution in [2.45, 2.75) is 89.9 Å². The first kappa shape index (κ1) is 22.4. The van der Waals surface area contributed by atoms with Crippen LogP contribution in [0.3, 0.4) is 0 Å². The second kappa shape index (κ2) is 8.65. The van der Waals surface area contributed by atoms with Gasteiger partial charge in [-0.15, -0.1) is 0 Å². The molecule has 0 saturated carbocycles. The Morgan fingerprint density at radius 1 is 1.19 bits per heavy atom. The molecule has 2 rings (SSSR count). The van der Waals surface area contributed by atoms with Crippen molar-refractivity contribution in [3.05, 3.63) is 11.1 Å². The second-order valence-corrected chi connectivity index (χ2v) is 8.27. The number of carbonyl (C=O) groups excluding carboxylic acids is 1. The molecular weight excluding hydrogens is 356 g/mol. The topological polar surface area (TPSA) is 137 Å². The molecule has 5 N–H and O–H groups in total. The first-order chi connectivity index (χ1) is 12.5. The van der Waals surface area contributed by atoms with Gasteiger partial charge in [0.15, 0.2) is 6.29 Å². The molecule has 1 saturated heterocycles. The summed E-state index contributed by atoms with van der Waals surface area (Å²) in [4.78, 5) is 11.3. The predicted octanol–water partition coefficient (Wildman–Crippen LogP) is -0.352. The Balaban J connectivity index is 2.17. The fraction of sp³-hybridized carbons (Fsp3) is 0.842. The van der Waals surface area contributed by atoms with Crippen LogP contribution in [0, 0.1) is 5.41 Å². The minimum Gasteiger partial charge on any atom is -0.394 e. The lowest BCUT2D eigenvalue weighted by molar-refractivity contribution is -0.318. The molecule has 8 nitrogen and oxygen atoms in total. The number of allylic oxidation sites excluding steroid dienone is 1. The van der Waals surface area contributed by atoms with Crippen LogP contribution in [-0.4, -0.2) is 80.8 Å². The Kier molecular flexibility index (Phi) is 7.18. The van der Waals surface area contributed by atoms with Gasteiger partial charge < -0.3 is 39.8 Å². The average Bonchev–Trinajstić information content (AvgIpc) is 2.59. The maximum atomic E-state index is 11.3. The molecule has 27 heavy (non-hydrogen) atoms. The summed E-state index contributed by atoms with van der Waals surface area (Å²) in [6.45, 7) is 6.79. The van der Waals surface area contributed by atoms with Crippen molar-refractivity contribution in [1.29, 1.82) is 0 Å². The highest BCUT2D eigenvalue weighted by molar-refractivity contribution is 5.75. The second-order valence-electron chi connectivity index (χ2n) is 8.27. The molecule has 7 atom stereocenters. The van der Waals surface area contributed by atoms with E-state index in [0.29, 0.717) is 19.3 Å². The zero-order valence-corrected chi connectivity index (χ0v) is 16.3. The maximum absolute atomic E-state index is 11.3. The highest BCUT2D eigenvalue weighted by Crippen LogP contribution is 2.44. The fourth-order valence-corrected chi connectivity index (χ4v) is 4.04. The fourth-order valence-electron chi connectivity index (χ4n) is 4.04. The molecule has 0 bridgehead atoms. The van der Waals surface area contributed by atoms with Crippen LogP contribution in [0.25, 0.3) is 0 Å². The van der Waals surface area contributed by atoms with Crippen molar-refractivity contribution in [1.82, 2.24) is 0 Å². The monoisotopic (exact) mass is 388 g/mol. The van der Waals surface area contributed by atoms with Crippen molar-refractivity contribution in [2.24, 2.45) is 5.41 Å². The van der Waals surface area contributed by atoms with Gasteiger partial charge in [0, 0.05) is 6.42 Å². The maximum Gasteiger partial charge on any atom is 0.187 e. The van der Waals surface area contributed by atoms with Gasteiger partial charge in [0.2, 0.25) is 0 Å². The largest absolute Gasteiger partial charge is 0.394 e. The van der Waals surface area contributed by atoms with Crippen molar-refractivity contribution >= 4 is 5.78 Å². The Morgan fingerprint density at radius 3 is 2.37 bits per heavy atom. The summed E-state index contributed by atoms with van der Waals surface area (Å²) >= 11 is 0. The van der Waals surface area contributed by atoms with Gasteiger partial charge in [0.05, 0.1) is 12.7 Å². The Labute approximate surface area is 159 Å². The van der Waals surface area contributed by atoms with Crippen molar-refractivity contribution in [2.75, 3.05) is 6.61 Å². The first-order valence-corrected chi connectivity index (χ1v) is 9.33. The molecule has 1 heterocycles. The Hall–Kier alpha value is -0.870. The number of Topliss-reactive ketones (excluding diaryl/α,β-unsaturated/α-hetero) is 1. The minimum atomic E-state index is -1.53. The molecule has 0 aromatic rings. The highest BCUT2D eigenvalue weighted by atomic mass is 16.7. The average molecular weight is 388 g/mol. The van der Waals surface area contributed by atoms with E-state index in [1.165, 1.54) is 6.92 Å². The van der Waals surface area contributed by atoms with E-state index >= 15 is 0 Å². The standard InChI is InChI=1S/C19H32O8/c1-9(21)5-6-11-10(2)14(22)12(7-19(11,3)4)26-18-17(25)16(24)15(23)13(8-20)27-18/h12-18,20,22-25H,5-8H2,1-4H3/t12-,13-,14-,15-,16+,17-,18-/m1/s1. The number of aliphatic hydroxyl groups is 5. The minimum absolute atomic E-state index is 0.0836. The summed E-state index contributed by atoms with van der Waals surface area (Å²) in [5.41, 5.74) is 1.40. The summed E-state index contributed by atoms with van der Waals surface area (Å²) in [6.07, 6.45) is -7.12. The normalized spacial score (nSPS) is 39.5. The SMILES string of the molecule is CC(=O)CCC1=C(C)[C@@H](O)[C@H](O[C@@H]2O[C@H](CO)[C@@H](O)[C@H](O)[C@H]2O)CC1(C)C. The molecule has 1 fully saturated rings. The lowest BCUT2D eigenvalue weighted by Gasteiger charge is -2.45. The third-order valence-electron chi connectivity index (χ3n) is 5.68. The summed E-state index contributed by atoms with van der Waals surface area (Å²) < 4.78 is 11.2. The number of ketones is 1. The number of hydrogen-bond acceptors (Lipinski definition) is 8. The molecule has 0 aromatic heterocycles. The van der Waals surface area contributed by atoms with E-state index < -0.39 is 49.5 Å². The van der Waals surface area contributed by atoms with Gasteiger partial charge >= 0.3 is 0 Å². The molecular formula is C19H32O8. The van der Waals surface area contributed by atoms with E-state index in [4.69, 9.17) is 9.47 Å². The smallest absolute Gasteiger partial charge is 0.187 e. The molecule has 8 heteroatoms. The van der Waals surface area contributed by atoms with Crippen LogP contribution in [0.4, 0.5) is 0 Å². The highest BCUT2D eigenvalue weighted by Gasteiger charge is 2.47. The van der Waals surface area contributed by atoms with E-state index in [-0.39, 0.29) is 11.2 Å². The summed E-state index contributed by atoms with van der Waals surface area (Å²) in [5.74, 6) is 0.0836. The number of ether oxygens (including phenoxy) is 2. The van der Waals surface area contributed by atoms with Crippen LogP contribution in [0.5, 0.6) is 0 Å². The van der Waals surface area contributed by atoms with Crippen LogP contribution < -0.4 is 0 Å². The summed E-state index contributed by atoms with van der Waals surface area (Å²) in [7, 11) is 0. The summed E-state index contributed by atoms with van der Waals surface area (Å²) in [6, 6.07) is 0. The van der Waals surface area contributed by atoms with E-state index in [1.54, 1.807) is 6.92 Å². The third kappa shape index (κ3) is 4.76. The molecule has 0 aromatic carbocycles. The number of rotatable bonds is 6. The van der Waals surface area contributed by atoms with Crippen molar-refractivity contribution in [3.63, 3.8) is 0 Å². The summed E-state index contributed by atoms with van der Waals surface area (Å²) in [5, 5.41) is 49.9. The Bertz CT molecular complexity index is 570. The van der Waals surface area contributed by atoms with E-state index in [2.05, 4.69) is 0 Å². The van der Waals surface area contributed by atoms with Gasteiger partial charge in [-0.2, -0.15) is 0 Å². The molecule has 0 radical (unpaired) electrons. The third-order valence-corrected chi connectivity index (χ3v) is 5.68. The number of carbonyl (C=O) groups is 1. The predicted molar refractivity (Wildman–Crippen MR) is 95.7 cm³/mol. The zero-order valence-electron chi connectivity index (χ0n) is 16.3. The van der Waals surface area contributed by atoms with E-state index in [1.807, 2.05) is 13.8 Å². The van der Waals surface area contributed by atoms with Crippen LogP contribution in [0.15, 0.2) is 11.1 Å². The Morgan fingerprint density at radius 2 is 1.81 bits per heavy atom. The number of hydrogen-bond donors (Lipinski definition) is 5. The van der Waals surface area contributed by atoms with Crippen molar-refractivity contribution in [3.8, 4) is 0 Å². The number of aliphatic hydroxyl groups excluding tert-OH is 5. The van der Waals surface area contributed by atoms with Gasteiger partial charge in [-0.05, 0) is 37.7 Å². The van der Waals surface area contributed by atoms with Crippen LogP contribution in [-0.2, 0) is 14.3 Å². The zero-order chi connectivity index (χ0) is 20.5.